The molecule has 1 rings (SSSR count). The normalized spacial score (nSPS) is 18.4. The van der Waals surface area contributed by atoms with Crippen molar-refractivity contribution in [1.82, 2.24) is 15.1 Å². The largest absolute Gasteiger partial charge is 0.348 e. The summed E-state index contributed by atoms with van der Waals surface area (Å²) in [5.74, 6) is 0.192. The quantitative estimate of drug-likeness (QED) is 0.684. The molecule has 1 aliphatic rings. The summed E-state index contributed by atoms with van der Waals surface area (Å²) in [7, 11) is 3.61. The van der Waals surface area contributed by atoms with E-state index in [1.54, 1.807) is 19.0 Å². The lowest BCUT2D eigenvalue weighted by Crippen LogP contribution is -2.45. The zero-order chi connectivity index (χ0) is 12.0. The first-order valence-electron chi connectivity index (χ1n) is 5.90. The van der Waals surface area contributed by atoms with E-state index in [-0.39, 0.29) is 5.91 Å². The van der Waals surface area contributed by atoms with Crippen molar-refractivity contribution in [2.75, 3.05) is 40.3 Å². The van der Waals surface area contributed by atoms with Gasteiger partial charge < -0.3 is 10.2 Å². The van der Waals surface area contributed by atoms with E-state index < -0.39 is 0 Å². The van der Waals surface area contributed by atoms with Gasteiger partial charge in [0.2, 0.25) is 5.91 Å². The topological polar surface area (TPSA) is 35.6 Å². The van der Waals surface area contributed by atoms with Gasteiger partial charge in [0.25, 0.3) is 0 Å². The molecule has 0 aromatic carbocycles. The summed E-state index contributed by atoms with van der Waals surface area (Å²) in [5, 5.41) is 3.43. The standard InChI is InChI=1S/C12H23N3O/c1-4-7-13-11-5-8-15(9-6-11)10-12(16)14(2)3/h4,11,13H,1,5-10H2,2-3H3. The second-order valence-electron chi connectivity index (χ2n) is 4.54. The van der Waals surface area contributed by atoms with Gasteiger partial charge in [-0.25, -0.2) is 0 Å². The van der Waals surface area contributed by atoms with Gasteiger partial charge in [-0.05, 0) is 12.8 Å². The smallest absolute Gasteiger partial charge is 0.236 e. The van der Waals surface area contributed by atoms with Crippen molar-refractivity contribution >= 4 is 5.91 Å². The highest BCUT2D eigenvalue weighted by Crippen LogP contribution is 2.09. The van der Waals surface area contributed by atoms with Crippen LogP contribution in [-0.4, -0.2) is 62.0 Å². The van der Waals surface area contributed by atoms with E-state index in [1.165, 1.54) is 0 Å². The van der Waals surface area contributed by atoms with Gasteiger partial charge in [-0.2, -0.15) is 0 Å². The van der Waals surface area contributed by atoms with E-state index in [0.29, 0.717) is 12.6 Å². The van der Waals surface area contributed by atoms with Crippen molar-refractivity contribution in [3.63, 3.8) is 0 Å². The molecular formula is C12H23N3O. The number of carbonyl (C=O) groups excluding carboxylic acids is 1. The number of nitrogens with zero attached hydrogens (tertiary/aromatic N) is 2. The fourth-order valence-electron chi connectivity index (χ4n) is 1.88. The highest BCUT2D eigenvalue weighted by Gasteiger charge is 2.20. The Balaban J connectivity index is 2.21. The van der Waals surface area contributed by atoms with Gasteiger partial charge in [0, 0.05) is 39.8 Å². The molecule has 4 nitrogen and oxygen atoms in total. The van der Waals surface area contributed by atoms with Crippen LogP contribution in [0.5, 0.6) is 0 Å². The molecular weight excluding hydrogens is 202 g/mol. The average Bonchev–Trinajstić information content (AvgIpc) is 2.28. The van der Waals surface area contributed by atoms with Crippen molar-refractivity contribution in [2.45, 2.75) is 18.9 Å². The molecule has 16 heavy (non-hydrogen) atoms. The first-order valence-corrected chi connectivity index (χ1v) is 5.90. The third-order valence-electron chi connectivity index (χ3n) is 3.00. The first kappa shape index (κ1) is 13.2. The molecule has 0 atom stereocenters. The Kier molecular flexibility index (Phi) is 5.49. The summed E-state index contributed by atoms with van der Waals surface area (Å²) >= 11 is 0. The van der Waals surface area contributed by atoms with Crippen LogP contribution in [0.15, 0.2) is 12.7 Å². The maximum Gasteiger partial charge on any atom is 0.236 e. The van der Waals surface area contributed by atoms with Crippen LogP contribution < -0.4 is 5.32 Å². The van der Waals surface area contributed by atoms with Gasteiger partial charge in [0.05, 0.1) is 6.54 Å². The molecule has 0 radical (unpaired) electrons. The van der Waals surface area contributed by atoms with Gasteiger partial charge in [-0.15, -0.1) is 6.58 Å². The Morgan fingerprint density at radius 2 is 2.12 bits per heavy atom. The van der Waals surface area contributed by atoms with E-state index in [1.807, 2.05) is 6.08 Å². The minimum atomic E-state index is 0.192. The fourth-order valence-corrected chi connectivity index (χ4v) is 1.88. The molecule has 0 unspecified atom stereocenters. The Hall–Kier alpha value is -0.870. The number of rotatable bonds is 5. The molecule has 1 fully saturated rings. The highest BCUT2D eigenvalue weighted by atomic mass is 16.2. The number of nitrogens with one attached hydrogen (secondary N) is 1. The predicted octanol–water partition coefficient (Wildman–Crippen LogP) is 0.315. The van der Waals surface area contributed by atoms with Crippen LogP contribution in [0.4, 0.5) is 0 Å². The van der Waals surface area contributed by atoms with Gasteiger partial charge in [0.15, 0.2) is 0 Å². The third-order valence-corrected chi connectivity index (χ3v) is 3.00. The second-order valence-corrected chi connectivity index (χ2v) is 4.54. The number of likely N-dealkylation sites (N-methyl/N-ethyl adjacent to an activating group) is 1. The van der Waals surface area contributed by atoms with Crippen LogP contribution in [0.3, 0.4) is 0 Å². The van der Waals surface area contributed by atoms with Crippen LogP contribution in [0.1, 0.15) is 12.8 Å². The minimum absolute atomic E-state index is 0.192. The molecule has 1 aliphatic heterocycles. The van der Waals surface area contributed by atoms with Gasteiger partial charge in [-0.1, -0.05) is 6.08 Å². The molecule has 92 valence electrons. The Labute approximate surface area is 98.3 Å². The fraction of sp³-hybridized carbons (Fsp3) is 0.750. The zero-order valence-electron chi connectivity index (χ0n) is 10.4. The molecule has 0 aromatic rings. The second kappa shape index (κ2) is 6.66. The maximum absolute atomic E-state index is 11.5. The van der Waals surface area contributed by atoms with Crippen LogP contribution in [0.25, 0.3) is 0 Å². The molecule has 0 bridgehead atoms. The van der Waals surface area contributed by atoms with E-state index >= 15 is 0 Å². The third kappa shape index (κ3) is 4.33. The SMILES string of the molecule is C=CCNC1CCN(CC(=O)N(C)C)CC1. The van der Waals surface area contributed by atoms with Gasteiger partial charge in [-0.3, -0.25) is 9.69 Å². The van der Waals surface area contributed by atoms with Crippen molar-refractivity contribution in [3.8, 4) is 0 Å². The van der Waals surface area contributed by atoms with Crippen molar-refractivity contribution in [2.24, 2.45) is 0 Å². The van der Waals surface area contributed by atoms with E-state index in [0.717, 1.165) is 32.5 Å². The summed E-state index contributed by atoms with van der Waals surface area (Å²) in [6.45, 7) is 7.15. The molecule has 1 heterocycles. The number of hydrogen-bond acceptors (Lipinski definition) is 3. The van der Waals surface area contributed by atoms with Crippen molar-refractivity contribution in [3.05, 3.63) is 12.7 Å². The lowest BCUT2D eigenvalue weighted by atomic mass is 10.1. The number of carbonyl (C=O) groups is 1. The Morgan fingerprint density at radius 1 is 1.50 bits per heavy atom. The van der Waals surface area contributed by atoms with E-state index in [2.05, 4.69) is 16.8 Å². The summed E-state index contributed by atoms with van der Waals surface area (Å²) in [6, 6.07) is 0.587. The molecule has 0 spiro atoms. The monoisotopic (exact) mass is 225 g/mol. The number of likely N-dealkylation sites (tertiary alicyclic amines) is 1. The predicted molar refractivity (Wildman–Crippen MR) is 66.4 cm³/mol. The van der Waals surface area contributed by atoms with E-state index in [4.69, 9.17) is 0 Å². The number of amides is 1. The van der Waals surface area contributed by atoms with E-state index in [9.17, 15) is 4.79 Å². The van der Waals surface area contributed by atoms with Crippen LogP contribution >= 0.6 is 0 Å². The molecule has 4 heteroatoms. The minimum Gasteiger partial charge on any atom is -0.348 e. The van der Waals surface area contributed by atoms with Gasteiger partial charge >= 0.3 is 0 Å². The Bertz CT molecular complexity index is 232. The summed E-state index contributed by atoms with van der Waals surface area (Å²) < 4.78 is 0. The van der Waals surface area contributed by atoms with Crippen LogP contribution in [0.2, 0.25) is 0 Å². The summed E-state index contributed by atoms with van der Waals surface area (Å²) in [5.41, 5.74) is 0. The number of piperidine rings is 1. The molecule has 1 N–H and O–H groups in total. The lowest BCUT2D eigenvalue weighted by molar-refractivity contribution is -0.130. The summed E-state index contributed by atoms with van der Waals surface area (Å²) in [4.78, 5) is 15.4. The molecule has 1 amide bonds. The van der Waals surface area contributed by atoms with Crippen molar-refractivity contribution in [1.29, 1.82) is 0 Å². The lowest BCUT2D eigenvalue weighted by Gasteiger charge is -2.32. The summed E-state index contributed by atoms with van der Waals surface area (Å²) in [6.07, 6.45) is 4.13. The zero-order valence-corrected chi connectivity index (χ0v) is 10.4. The number of hydrogen-bond donors (Lipinski definition) is 1. The highest BCUT2D eigenvalue weighted by molar-refractivity contribution is 5.77. The average molecular weight is 225 g/mol. The maximum atomic E-state index is 11.5. The molecule has 1 saturated heterocycles. The van der Waals surface area contributed by atoms with Crippen LogP contribution in [-0.2, 0) is 4.79 Å². The molecule has 0 saturated carbocycles. The van der Waals surface area contributed by atoms with Gasteiger partial charge in [0.1, 0.15) is 0 Å². The Morgan fingerprint density at radius 3 is 2.62 bits per heavy atom. The molecule has 0 aromatic heterocycles. The molecule has 0 aliphatic carbocycles. The van der Waals surface area contributed by atoms with Crippen LogP contribution in [0, 0.1) is 0 Å². The first-order chi connectivity index (χ1) is 7.63. The van der Waals surface area contributed by atoms with Crippen molar-refractivity contribution < 1.29 is 4.79 Å².